The number of nitrogens with one attached hydrogen (secondary N) is 1. The van der Waals surface area contributed by atoms with E-state index in [1.54, 1.807) is 0 Å². The summed E-state index contributed by atoms with van der Waals surface area (Å²) >= 11 is 3.48. The third-order valence-electron chi connectivity index (χ3n) is 3.71. The summed E-state index contributed by atoms with van der Waals surface area (Å²) in [5.74, 6) is 0.648. The number of anilines is 1. The van der Waals surface area contributed by atoms with Gasteiger partial charge in [-0.3, -0.25) is 9.72 Å². The standard InChI is InChI=1S/C18H18BrN3O2/c1-3-15-17(22-10-14(19)9-12(2)16(22)20-15)21-18(23)24-11-13-7-5-4-6-8-13/h4-10H,3,11H2,1-2H3,(H,21,23). The van der Waals surface area contributed by atoms with Gasteiger partial charge in [-0.05, 0) is 46.5 Å². The van der Waals surface area contributed by atoms with Crippen LogP contribution in [0.25, 0.3) is 5.65 Å². The molecule has 0 saturated carbocycles. The third kappa shape index (κ3) is 3.43. The number of hydrogen-bond acceptors (Lipinski definition) is 3. The lowest BCUT2D eigenvalue weighted by Crippen LogP contribution is -2.16. The Morgan fingerprint density at radius 1 is 1.33 bits per heavy atom. The molecule has 3 rings (SSSR count). The van der Waals surface area contributed by atoms with Crippen LogP contribution in [0.3, 0.4) is 0 Å². The zero-order valence-electron chi connectivity index (χ0n) is 13.5. The van der Waals surface area contributed by atoms with E-state index in [1.165, 1.54) is 0 Å². The first-order chi connectivity index (χ1) is 11.6. The third-order valence-corrected chi connectivity index (χ3v) is 4.14. The molecule has 0 radical (unpaired) electrons. The molecule has 0 atom stereocenters. The van der Waals surface area contributed by atoms with Gasteiger partial charge in [-0.2, -0.15) is 0 Å². The quantitative estimate of drug-likeness (QED) is 0.704. The number of amides is 1. The molecule has 0 spiro atoms. The molecule has 0 aliphatic rings. The summed E-state index contributed by atoms with van der Waals surface area (Å²) in [7, 11) is 0. The van der Waals surface area contributed by atoms with E-state index in [-0.39, 0.29) is 6.61 Å². The van der Waals surface area contributed by atoms with Crippen molar-refractivity contribution < 1.29 is 9.53 Å². The second-order valence-electron chi connectivity index (χ2n) is 5.48. The van der Waals surface area contributed by atoms with Gasteiger partial charge in [0.2, 0.25) is 0 Å². The normalized spacial score (nSPS) is 10.8. The highest BCUT2D eigenvalue weighted by Crippen LogP contribution is 2.24. The van der Waals surface area contributed by atoms with Crippen LogP contribution in [0.2, 0.25) is 0 Å². The Kier molecular flexibility index (Phi) is 4.85. The zero-order valence-corrected chi connectivity index (χ0v) is 15.1. The summed E-state index contributed by atoms with van der Waals surface area (Å²) in [4.78, 5) is 16.8. The number of aromatic nitrogens is 2. The fourth-order valence-corrected chi connectivity index (χ4v) is 3.10. The summed E-state index contributed by atoms with van der Waals surface area (Å²) in [6.07, 6.45) is 2.11. The van der Waals surface area contributed by atoms with Crippen LogP contribution in [0.5, 0.6) is 0 Å². The van der Waals surface area contributed by atoms with Gasteiger partial charge in [-0.15, -0.1) is 0 Å². The molecule has 0 unspecified atom stereocenters. The predicted molar refractivity (Wildman–Crippen MR) is 97.3 cm³/mol. The number of ether oxygens (including phenoxy) is 1. The van der Waals surface area contributed by atoms with E-state index in [0.29, 0.717) is 12.2 Å². The van der Waals surface area contributed by atoms with Crippen molar-refractivity contribution in [2.75, 3.05) is 5.32 Å². The Morgan fingerprint density at radius 3 is 2.79 bits per heavy atom. The van der Waals surface area contributed by atoms with Gasteiger partial charge in [0, 0.05) is 10.7 Å². The molecule has 1 aromatic carbocycles. The molecule has 1 amide bonds. The average molecular weight is 388 g/mol. The number of rotatable bonds is 4. The fraction of sp³-hybridized carbons (Fsp3) is 0.222. The SMILES string of the molecule is CCc1nc2c(C)cc(Br)cn2c1NC(=O)OCc1ccccc1. The lowest BCUT2D eigenvalue weighted by molar-refractivity contribution is 0.155. The summed E-state index contributed by atoms with van der Waals surface area (Å²) < 4.78 is 8.11. The minimum Gasteiger partial charge on any atom is -0.444 e. The van der Waals surface area contributed by atoms with Crippen LogP contribution < -0.4 is 5.32 Å². The van der Waals surface area contributed by atoms with Gasteiger partial charge in [-0.25, -0.2) is 9.78 Å². The van der Waals surface area contributed by atoms with E-state index in [0.717, 1.165) is 26.9 Å². The molecule has 0 bridgehead atoms. The highest BCUT2D eigenvalue weighted by atomic mass is 79.9. The Bertz CT molecular complexity index is 875. The second-order valence-corrected chi connectivity index (χ2v) is 6.40. The molecular formula is C18H18BrN3O2. The minimum atomic E-state index is -0.493. The van der Waals surface area contributed by atoms with Crippen LogP contribution in [0, 0.1) is 6.92 Å². The molecular weight excluding hydrogens is 370 g/mol. The van der Waals surface area contributed by atoms with E-state index < -0.39 is 6.09 Å². The highest BCUT2D eigenvalue weighted by Gasteiger charge is 2.16. The average Bonchev–Trinajstić information content (AvgIpc) is 2.92. The number of pyridine rings is 1. The molecule has 0 fully saturated rings. The van der Waals surface area contributed by atoms with Crippen molar-refractivity contribution in [3.63, 3.8) is 0 Å². The molecule has 5 nitrogen and oxygen atoms in total. The molecule has 2 heterocycles. The maximum atomic E-state index is 12.2. The van der Waals surface area contributed by atoms with Gasteiger partial charge in [0.1, 0.15) is 18.1 Å². The zero-order chi connectivity index (χ0) is 17.1. The first-order valence-corrected chi connectivity index (χ1v) is 8.52. The largest absolute Gasteiger partial charge is 0.444 e. The van der Waals surface area contributed by atoms with Crippen molar-refractivity contribution in [3.05, 3.63) is 63.9 Å². The molecule has 0 aliphatic heterocycles. The minimum absolute atomic E-state index is 0.230. The highest BCUT2D eigenvalue weighted by molar-refractivity contribution is 9.10. The monoisotopic (exact) mass is 387 g/mol. The molecule has 1 N–H and O–H groups in total. The number of fused-ring (bicyclic) bond motifs is 1. The number of carbonyl (C=O) groups is 1. The Hall–Kier alpha value is -2.34. The van der Waals surface area contributed by atoms with Gasteiger partial charge in [0.05, 0.1) is 5.69 Å². The van der Waals surface area contributed by atoms with Crippen molar-refractivity contribution in [1.29, 1.82) is 0 Å². The molecule has 124 valence electrons. The van der Waals surface area contributed by atoms with E-state index in [4.69, 9.17) is 4.74 Å². The molecule has 0 saturated heterocycles. The van der Waals surface area contributed by atoms with E-state index in [9.17, 15) is 4.79 Å². The number of aryl methyl sites for hydroxylation is 2. The smallest absolute Gasteiger partial charge is 0.413 e. The Balaban J connectivity index is 1.82. The number of imidazole rings is 1. The van der Waals surface area contributed by atoms with Crippen LogP contribution in [-0.2, 0) is 17.8 Å². The summed E-state index contributed by atoms with van der Waals surface area (Å²) in [6.45, 7) is 4.23. The van der Waals surface area contributed by atoms with Crippen molar-refractivity contribution in [2.24, 2.45) is 0 Å². The predicted octanol–water partition coefficient (Wildman–Crippen LogP) is 4.72. The van der Waals surface area contributed by atoms with Crippen molar-refractivity contribution in [2.45, 2.75) is 26.9 Å². The lowest BCUT2D eigenvalue weighted by Gasteiger charge is -2.09. The van der Waals surface area contributed by atoms with Crippen LogP contribution >= 0.6 is 15.9 Å². The number of nitrogens with zero attached hydrogens (tertiary/aromatic N) is 2. The van der Waals surface area contributed by atoms with Gasteiger partial charge in [0.15, 0.2) is 0 Å². The van der Waals surface area contributed by atoms with Gasteiger partial charge in [-0.1, -0.05) is 37.3 Å². The van der Waals surface area contributed by atoms with Crippen LogP contribution in [-0.4, -0.2) is 15.5 Å². The number of halogens is 1. The van der Waals surface area contributed by atoms with Crippen LogP contribution in [0.4, 0.5) is 10.6 Å². The van der Waals surface area contributed by atoms with Crippen molar-refractivity contribution in [1.82, 2.24) is 9.38 Å². The molecule has 6 heteroatoms. The fourth-order valence-electron chi connectivity index (χ4n) is 2.55. The van der Waals surface area contributed by atoms with E-state index >= 15 is 0 Å². The molecule has 3 aromatic rings. The number of hydrogen-bond donors (Lipinski definition) is 1. The van der Waals surface area contributed by atoms with Gasteiger partial charge >= 0.3 is 6.09 Å². The van der Waals surface area contributed by atoms with Crippen LogP contribution in [0.15, 0.2) is 47.1 Å². The first kappa shape index (κ1) is 16.5. The topological polar surface area (TPSA) is 55.6 Å². The summed E-state index contributed by atoms with van der Waals surface area (Å²) in [6, 6.07) is 11.6. The maximum Gasteiger partial charge on any atom is 0.413 e. The molecule has 2 aromatic heterocycles. The summed E-state index contributed by atoms with van der Waals surface area (Å²) in [5, 5.41) is 2.83. The van der Waals surface area contributed by atoms with Crippen LogP contribution in [0.1, 0.15) is 23.7 Å². The van der Waals surface area contributed by atoms with Crippen molar-refractivity contribution >= 4 is 33.5 Å². The lowest BCUT2D eigenvalue weighted by atomic mass is 10.2. The van der Waals surface area contributed by atoms with Gasteiger partial charge < -0.3 is 4.74 Å². The molecule has 0 aliphatic carbocycles. The van der Waals surface area contributed by atoms with E-state index in [1.807, 2.05) is 60.8 Å². The first-order valence-electron chi connectivity index (χ1n) is 7.73. The van der Waals surface area contributed by atoms with Gasteiger partial charge in [0.25, 0.3) is 0 Å². The second kappa shape index (κ2) is 7.05. The number of benzene rings is 1. The molecule has 24 heavy (non-hydrogen) atoms. The maximum absolute atomic E-state index is 12.2. The Labute approximate surface area is 148 Å². The number of carbonyl (C=O) groups excluding carboxylic acids is 1. The van der Waals surface area contributed by atoms with E-state index in [2.05, 4.69) is 26.2 Å². The summed E-state index contributed by atoms with van der Waals surface area (Å²) in [5.41, 5.74) is 3.63. The Morgan fingerprint density at radius 2 is 2.08 bits per heavy atom. The van der Waals surface area contributed by atoms with Crippen molar-refractivity contribution in [3.8, 4) is 0 Å².